The number of urea groups is 1. The maximum absolute atomic E-state index is 12.2. The summed E-state index contributed by atoms with van der Waals surface area (Å²) in [5.41, 5.74) is 7.06. The zero-order valence-corrected chi connectivity index (χ0v) is 17.8. The van der Waals surface area contributed by atoms with Crippen LogP contribution in [-0.2, 0) is 0 Å². The van der Waals surface area contributed by atoms with Gasteiger partial charge in [0.25, 0.3) is 0 Å². The molecule has 2 amide bonds. The van der Waals surface area contributed by atoms with Gasteiger partial charge in [-0.05, 0) is 74.1 Å². The first kappa shape index (κ1) is 22.8. The molecule has 0 fully saturated rings. The molecule has 0 saturated heterocycles. The van der Waals surface area contributed by atoms with Gasteiger partial charge in [-0.15, -0.1) is 0 Å². The summed E-state index contributed by atoms with van der Waals surface area (Å²) < 4.78 is 5.75. The predicted octanol–water partition coefficient (Wildman–Crippen LogP) is 5.54. The van der Waals surface area contributed by atoms with E-state index in [1.165, 1.54) is 7.05 Å². The lowest BCUT2D eigenvalue weighted by atomic mass is 10.2. The fourth-order valence-corrected chi connectivity index (χ4v) is 2.79. The van der Waals surface area contributed by atoms with Gasteiger partial charge in [0.15, 0.2) is 0 Å². The van der Waals surface area contributed by atoms with Crippen molar-refractivity contribution in [3.63, 3.8) is 0 Å². The molecule has 3 aromatic rings. The summed E-state index contributed by atoms with van der Waals surface area (Å²) in [6.45, 7) is 3.15. The quantitative estimate of drug-likeness (QED) is 0.481. The Morgan fingerprint density at radius 2 is 1.33 bits per heavy atom. The molecule has 0 aliphatic carbocycles. The molecule has 0 heterocycles. The molecule has 6 heteroatoms. The number of nitrogens with zero attached hydrogens (tertiary/aromatic N) is 1. The van der Waals surface area contributed by atoms with Crippen molar-refractivity contribution in [2.75, 3.05) is 36.2 Å². The van der Waals surface area contributed by atoms with Crippen molar-refractivity contribution in [2.45, 2.75) is 13.3 Å². The molecule has 0 aliphatic rings. The van der Waals surface area contributed by atoms with Crippen LogP contribution in [0.15, 0.2) is 78.9 Å². The van der Waals surface area contributed by atoms with Gasteiger partial charge < -0.3 is 26.0 Å². The highest BCUT2D eigenvalue weighted by molar-refractivity contribution is 5.99. The Bertz CT molecular complexity index is 881. The number of carbonyl (C=O) groups excluding carboxylic acids is 1. The van der Waals surface area contributed by atoms with Gasteiger partial charge in [-0.25, -0.2) is 4.79 Å². The van der Waals surface area contributed by atoms with Crippen LogP contribution in [0.3, 0.4) is 0 Å². The van der Waals surface area contributed by atoms with Crippen molar-refractivity contribution in [3.8, 4) is 11.5 Å². The maximum Gasteiger partial charge on any atom is 0.323 e. The summed E-state index contributed by atoms with van der Waals surface area (Å²) in [4.78, 5) is 14.4. The minimum absolute atomic E-state index is 0.286. The first-order chi connectivity index (χ1) is 14.6. The monoisotopic (exact) mass is 406 g/mol. The molecule has 0 radical (unpaired) electrons. The largest absolute Gasteiger partial charge is 0.457 e. The Morgan fingerprint density at radius 3 is 1.87 bits per heavy atom. The number of nitrogens with two attached hydrogens (primary N) is 1. The number of carbonyl (C=O) groups is 1. The number of hydrogen-bond acceptors (Lipinski definition) is 4. The second-order valence-corrected chi connectivity index (χ2v) is 6.49. The molecule has 0 saturated carbocycles. The molecule has 0 aliphatic heterocycles. The molecule has 30 heavy (non-hydrogen) atoms. The number of nitrogens with one attached hydrogen (secondary N) is 2. The van der Waals surface area contributed by atoms with Crippen LogP contribution in [0.1, 0.15) is 13.3 Å². The molecule has 158 valence electrons. The van der Waals surface area contributed by atoms with Gasteiger partial charge >= 0.3 is 6.03 Å². The fraction of sp³-hybridized carbons (Fsp3) is 0.208. The van der Waals surface area contributed by atoms with E-state index in [1.807, 2.05) is 66.7 Å². The lowest BCUT2D eigenvalue weighted by Gasteiger charge is -2.18. The molecule has 3 rings (SSSR count). The molecule has 0 bridgehead atoms. The second-order valence-electron chi connectivity index (χ2n) is 6.49. The van der Waals surface area contributed by atoms with Crippen LogP contribution in [0, 0.1) is 0 Å². The molecule has 0 atom stereocenters. The van der Waals surface area contributed by atoms with Crippen LogP contribution in [0.4, 0.5) is 21.9 Å². The summed E-state index contributed by atoms with van der Waals surface area (Å²) in [7, 11) is 3.56. The molecular formula is C24H30N4O2. The second kappa shape index (κ2) is 12.1. The van der Waals surface area contributed by atoms with Crippen molar-refractivity contribution < 1.29 is 9.53 Å². The maximum atomic E-state index is 12.2. The number of hydrogen-bond donors (Lipinski definition) is 3. The summed E-state index contributed by atoms with van der Waals surface area (Å²) in [5, 5.41) is 5.67. The first-order valence-electron chi connectivity index (χ1n) is 9.94. The molecule has 3 aromatic carbocycles. The Morgan fingerprint density at radius 1 is 0.833 bits per heavy atom. The van der Waals surface area contributed by atoms with Crippen LogP contribution in [0.25, 0.3) is 0 Å². The number of amides is 2. The molecule has 6 nitrogen and oxygen atoms in total. The number of benzene rings is 3. The van der Waals surface area contributed by atoms with E-state index in [-0.39, 0.29) is 6.03 Å². The Kier molecular flexibility index (Phi) is 9.21. The van der Waals surface area contributed by atoms with Crippen LogP contribution >= 0.6 is 0 Å². The lowest BCUT2D eigenvalue weighted by Crippen LogP contribution is -2.20. The summed E-state index contributed by atoms with van der Waals surface area (Å²) in [5.74, 6) is 1.48. The van der Waals surface area contributed by atoms with Crippen molar-refractivity contribution >= 4 is 23.1 Å². The number of rotatable bonds is 7. The minimum Gasteiger partial charge on any atom is -0.457 e. The molecular weight excluding hydrogens is 376 g/mol. The number of para-hydroxylation sites is 1. The molecule has 4 N–H and O–H groups in total. The highest BCUT2D eigenvalue weighted by Crippen LogP contribution is 2.23. The zero-order valence-electron chi connectivity index (χ0n) is 17.8. The van der Waals surface area contributed by atoms with Crippen molar-refractivity contribution in [1.29, 1.82) is 0 Å². The molecule has 0 spiro atoms. The van der Waals surface area contributed by atoms with Gasteiger partial charge in [0, 0.05) is 30.7 Å². The van der Waals surface area contributed by atoms with Crippen LogP contribution < -0.4 is 26.0 Å². The van der Waals surface area contributed by atoms with E-state index in [9.17, 15) is 4.79 Å². The van der Waals surface area contributed by atoms with E-state index in [0.717, 1.165) is 30.1 Å². The zero-order chi connectivity index (χ0) is 21.8. The summed E-state index contributed by atoms with van der Waals surface area (Å²) >= 11 is 0. The smallest absolute Gasteiger partial charge is 0.323 e. The van der Waals surface area contributed by atoms with E-state index in [1.54, 1.807) is 12.1 Å². The van der Waals surface area contributed by atoms with Crippen LogP contribution in [0.5, 0.6) is 11.5 Å². The van der Waals surface area contributed by atoms with Crippen LogP contribution in [0.2, 0.25) is 0 Å². The van der Waals surface area contributed by atoms with E-state index in [4.69, 9.17) is 4.74 Å². The van der Waals surface area contributed by atoms with E-state index in [2.05, 4.69) is 35.2 Å². The van der Waals surface area contributed by atoms with Crippen molar-refractivity contribution in [1.82, 2.24) is 0 Å². The number of ether oxygens (including phenoxy) is 1. The fourth-order valence-electron chi connectivity index (χ4n) is 2.79. The number of anilines is 3. The topological polar surface area (TPSA) is 79.6 Å². The van der Waals surface area contributed by atoms with Crippen molar-refractivity contribution in [2.24, 2.45) is 5.73 Å². The third-order valence-electron chi connectivity index (χ3n) is 4.22. The average molecular weight is 407 g/mol. The van der Waals surface area contributed by atoms with E-state index < -0.39 is 0 Å². The lowest BCUT2D eigenvalue weighted by molar-refractivity contribution is 0.262. The third-order valence-corrected chi connectivity index (χ3v) is 4.22. The van der Waals surface area contributed by atoms with Gasteiger partial charge in [0.05, 0.1) is 0 Å². The third kappa shape index (κ3) is 7.14. The summed E-state index contributed by atoms with van der Waals surface area (Å²) in [6.07, 6.45) is 1.09. The molecule has 0 unspecified atom stereocenters. The first-order valence-corrected chi connectivity index (χ1v) is 9.94. The highest BCUT2D eigenvalue weighted by atomic mass is 16.5. The highest BCUT2D eigenvalue weighted by Gasteiger charge is 2.05. The average Bonchev–Trinajstić information content (AvgIpc) is 2.78. The minimum atomic E-state index is -0.286. The van der Waals surface area contributed by atoms with Gasteiger partial charge in [-0.2, -0.15) is 0 Å². The SMILES string of the molecule is CCCN(C)c1ccc(NC(=O)Nc2ccc(Oc3ccccc3)cc2)cc1.CN. The van der Waals surface area contributed by atoms with Crippen LogP contribution in [-0.4, -0.2) is 26.7 Å². The molecule has 0 aromatic heterocycles. The normalized spacial score (nSPS) is 9.73. The Labute approximate surface area is 178 Å². The Balaban J connectivity index is 0.00000155. The van der Waals surface area contributed by atoms with Gasteiger partial charge in [-0.3, -0.25) is 0 Å². The van der Waals surface area contributed by atoms with Gasteiger partial charge in [0.2, 0.25) is 0 Å². The summed E-state index contributed by atoms with van der Waals surface area (Å²) in [6, 6.07) is 24.3. The van der Waals surface area contributed by atoms with Gasteiger partial charge in [-0.1, -0.05) is 25.1 Å². The Hall–Kier alpha value is -3.51. The van der Waals surface area contributed by atoms with Gasteiger partial charge in [0.1, 0.15) is 11.5 Å². The predicted molar refractivity (Wildman–Crippen MR) is 126 cm³/mol. The van der Waals surface area contributed by atoms with Crippen molar-refractivity contribution in [3.05, 3.63) is 78.9 Å². The van der Waals surface area contributed by atoms with E-state index in [0.29, 0.717) is 11.4 Å². The standard InChI is InChI=1S/C23H25N3O2.CH5N/c1-3-17-26(2)20-13-9-18(10-14-20)24-23(27)25-19-11-15-22(16-12-19)28-21-7-5-4-6-8-21;1-2/h4-16H,3,17H2,1-2H3,(H2,24,25,27);2H2,1H3. The van der Waals surface area contributed by atoms with E-state index >= 15 is 0 Å².